The topological polar surface area (TPSA) is 87.9 Å². The van der Waals surface area contributed by atoms with Crippen LogP contribution in [-0.2, 0) is 6.42 Å². The highest BCUT2D eigenvalue weighted by atomic mass is 79.9. The van der Waals surface area contributed by atoms with Crippen molar-refractivity contribution in [3.63, 3.8) is 0 Å². The third-order valence-corrected chi connectivity index (χ3v) is 4.29. The van der Waals surface area contributed by atoms with E-state index in [-0.39, 0.29) is 11.4 Å². The zero-order valence-electron chi connectivity index (χ0n) is 12.4. The summed E-state index contributed by atoms with van der Waals surface area (Å²) in [5.74, 6) is -0.519. The number of hydrogen-bond acceptors (Lipinski definition) is 5. The van der Waals surface area contributed by atoms with Gasteiger partial charge in [-0.3, -0.25) is 0 Å². The number of hydrogen-bond donors (Lipinski definition) is 2. The van der Waals surface area contributed by atoms with Crippen molar-refractivity contribution in [1.29, 1.82) is 5.26 Å². The Bertz CT molecular complexity index is 837. The van der Waals surface area contributed by atoms with Gasteiger partial charge in [0.25, 0.3) is 0 Å². The number of fused-ring (bicyclic) bond motifs is 1. The number of halogens is 2. The molecule has 118 valence electrons. The van der Waals surface area contributed by atoms with E-state index in [1.807, 2.05) is 6.92 Å². The van der Waals surface area contributed by atoms with Gasteiger partial charge < -0.3 is 15.6 Å². The van der Waals surface area contributed by atoms with Gasteiger partial charge in [0.15, 0.2) is 0 Å². The number of rotatable bonds is 3. The minimum Gasteiger partial charge on any atom is -0.384 e. The molecule has 0 bridgehead atoms. The number of aryl methyl sites for hydroxylation is 1. The second kappa shape index (κ2) is 6.05. The van der Waals surface area contributed by atoms with Gasteiger partial charge in [0.05, 0.1) is 28.8 Å². The Labute approximate surface area is 141 Å². The molecule has 7 heteroatoms. The molecule has 1 aliphatic heterocycles. The Morgan fingerprint density at radius 3 is 3.00 bits per heavy atom. The Hall–Kier alpha value is -2.33. The highest BCUT2D eigenvalue weighted by Crippen LogP contribution is 2.44. The first kappa shape index (κ1) is 15.6. The Morgan fingerprint density at radius 2 is 2.30 bits per heavy atom. The maximum Gasteiger partial charge on any atom is 0.234 e. The average Bonchev–Trinajstić information content (AvgIpc) is 2.91. The van der Waals surface area contributed by atoms with Crippen molar-refractivity contribution in [2.24, 2.45) is 5.73 Å². The highest BCUT2D eigenvalue weighted by Gasteiger charge is 2.36. The van der Waals surface area contributed by atoms with Crippen LogP contribution in [0, 0.1) is 17.1 Å². The van der Waals surface area contributed by atoms with E-state index in [1.165, 1.54) is 6.07 Å². The lowest BCUT2D eigenvalue weighted by atomic mass is 9.82. The molecule has 5 nitrogen and oxygen atoms in total. The van der Waals surface area contributed by atoms with Crippen molar-refractivity contribution in [2.45, 2.75) is 25.7 Å². The van der Waals surface area contributed by atoms with E-state index in [4.69, 9.17) is 10.3 Å². The van der Waals surface area contributed by atoms with Gasteiger partial charge in [-0.05, 0) is 24.6 Å². The third kappa shape index (κ3) is 2.59. The molecule has 2 heterocycles. The summed E-state index contributed by atoms with van der Waals surface area (Å²) in [6.45, 7) is 2.02. The maximum absolute atomic E-state index is 14.4. The van der Waals surface area contributed by atoms with Crippen LogP contribution in [-0.4, -0.2) is 5.16 Å². The smallest absolute Gasteiger partial charge is 0.234 e. The Balaban J connectivity index is 2.26. The largest absolute Gasteiger partial charge is 0.384 e. The lowest BCUT2D eigenvalue weighted by molar-refractivity contribution is 0.424. The average molecular weight is 377 g/mol. The summed E-state index contributed by atoms with van der Waals surface area (Å²) in [6.07, 6.45) is 1.53. The number of nitrogens with one attached hydrogen (secondary N) is 1. The predicted octanol–water partition coefficient (Wildman–Crippen LogP) is 3.78. The normalized spacial score (nSPS) is 16.7. The summed E-state index contributed by atoms with van der Waals surface area (Å²) in [4.78, 5) is 0. The van der Waals surface area contributed by atoms with Gasteiger partial charge in [-0.15, -0.1) is 0 Å². The molecule has 0 radical (unpaired) electrons. The van der Waals surface area contributed by atoms with E-state index in [2.05, 4.69) is 32.5 Å². The standard InChI is InChI=1S/C16H14BrFN4O/c1-2-3-12-14-13(9-6-8(17)4-5-11(9)18)10(7-19)15(20)21-16(14)23-22-12/h4-6,13,21H,2-3,20H2,1H3. The predicted molar refractivity (Wildman–Crippen MR) is 86.9 cm³/mol. The van der Waals surface area contributed by atoms with Crippen molar-refractivity contribution < 1.29 is 8.91 Å². The summed E-state index contributed by atoms with van der Waals surface area (Å²) in [6, 6.07) is 6.72. The van der Waals surface area contributed by atoms with Crippen molar-refractivity contribution in [1.82, 2.24) is 5.16 Å². The molecule has 0 spiro atoms. The number of anilines is 1. The van der Waals surface area contributed by atoms with Crippen molar-refractivity contribution >= 4 is 21.8 Å². The fourth-order valence-corrected chi connectivity index (χ4v) is 3.18. The molecular formula is C16H14BrFN4O. The molecule has 3 N–H and O–H groups in total. The van der Waals surface area contributed by atoms with Crippen LogP contribution in [0.3, 0.4) is 0 Å². The zero-order valence-corrected chi connectivity index (χ0v) is 13.9. The van der Waals surface area contributed by atoms with E-state index < -0.39 is 11.7 Å². The van der Waals surface area contributed by atoms with E-state index in [0.717, 1.165) is 10.9 Å². The van der Waals surface area contributed by atoms with Gasteiger partial charge >= 0.3 is 0 Å². The van der Waals surface area contributed by atoms with Gasteiger partial charge in [-0.25, -0.2) is 4.39 Å². The van der Waals surface area contributed by atoms with E-state index in [0.29, 0.717) is 29.1 Å². The molecule has 1 unspecified atom stereocenters. The maximum atomic E-state index is 14.4. The van der Waals surface area contributed by atoms with Crippen LogP contribution < -0.4 is 11.1 Å². The lowest BCUT2D eigenvalue weighted by Gasteiger charge is -2.24. The molecule has 0 fully saturated rings. The summed E-state index contributed by atoms with van der Waals surface area (Å²) >= 11 is 3.35. The summed E-state index contributed by atoms with van der Waals surface area (Å²) in [7, 11) is 0. The molecule has 1 aromatic carbocycles. The molecule has 1 aromatic heterocycles. The number of nitriles is 1. The minimum absolute atomic E-state index is 0.156. The SMILES string of the molecule is CCCc1noc2c1C(c1cc(Br)ccc1F)C(C#N)=C(N)N2. The first-order chi connectivity index (χ1) is 11.1. The highest BCUT2D eigenvalue weighted by molar-refractivity contribution is 9.10. The molecule has 3 rings (SSSR count). The van der Waals surface area contributed by atoms with Crippen molar-refractivity contribution in [3.05, 3.63) is 56.7 Å². The van der Waals surface area contributed by atoms with Crippen LogP contribution in [0.2, 0.25) is 0 Å². The number of nitrogens with zero attached hydrogens (tertiary/aromatic N) is 2. The summed E-state index contributed by atoms with van der Waals surface area (Å²) in [5.41, 5.74) is 7.93. The van der Waals surface area contributed by atoms with Gasteiger partial charge in [0.1, 0.15) is 11.6 Å². The molecule has 0 amide bonds. The molecular weight excluding hydrogens is 363 g/mol. The van der Waals surface area contributed by atoms with Crippen molar-refractivity contribution in [3.8, 4) is 6.07 Å². The van der Waals surface area contributed by atoms with Gasteiger partial charge in [-0.1, -0.05) is 34.4 Å². The number of aromatic nitrogens is 1. The van der Waals surface area contributed by atoms with Crippen LogP contribution in [0.5, 0.6) is 0 Å². The van der Waals surface area contributed by atoms with Gasteiger partial charge in [0, 0.05) is 10.0 Å². The summed E-state index contributed by atoms with van der Waals surface area (Å²) in [5, 5.41) is 16.4. The van der Waals surface area contributed by atoms with Crippen LogP contribution in [0.4, 0.5) is 10.3 Å². The monoisotopic (exact) mass is 376 g/mol. The second-order valence-corrected chi connectivity index (χ2v) is 6.20. The van der Waals surface area contributed by atoms with Crippen LogP contribution in [0.15, 0.2) is 38.6 Å². The molecule has 2 aromatic rings. The molecule has 0 saturated heterocycles. The van der Waals surface area contributed by atoms with Crippen LogP contribution >= 0.6 is 15.9 Å². The molecule has 0 aliphatic carbocycles. The molecule has 23 heavy (non-hydrogen) atoms. The van der Waals surface area contributed by atoms with Gasteiger partial charge in [-0.2, -0.15) is 5.26 Å². The number of allylic oxidation sites excluding steroid dienone is 1. The Morgan fingerprint density at radius 1 is 1.52 bits per heavy atom. The fourth-order valence-electron chi connectivity index (χ4n) is 2.80. The molecule has 1 atom stereocenters. The molecule has 1 aliphatic rings. The van der Waals surface area contributed by atoms with E-state index in [9.17, 15) is 9.65 Å². The number of nitrogens with two attached hydrogens (primary N) is 1. The fraction of sp³-hybridized carbons (Fsp3) is 0.250. The first-order valence-corrected chi connectivity index (χ1v) is 7.96. The lowest BCUT2D eigenvalue weighted by Crippen LogP contribution is -2.23. The van der Waals surface area contributed by atoms with E-state index >= 15 is 0 Å². The minimum atomic E-state index is -0.637. The second-order valence-electron chi connectivity index (χ2n) is 5.29. The van der Waals surface area contributed by atoms with Crippen LogP contribution in [0.25, 0.3) is 0 Å². The Kier molecular flexibility index (Phi) is 4.09. The van der Waals surface area contributed by atoms with Crippen LogP contribution in [0.1, 0.15) is 36.1 Å². The molecule has 0 saturated carbocycles. The zero-order chi connectivity index (χ0) is 16.6. The third-order valence-electron chi connectivity index (χ3n) is 3.79. The number of benzene rings is 1. The van der Waals surface area contributed by atoms with Gasteiger partial charge in [0.2, 0.25) is 5.88 Å². The van der Waals surface area contributed by atoms with Crippen molar-refractivity contribution in [2.75, 3.05) is 5.32 Å². The quantitative estimate of drug-likeness (QED) is 0.850. The summed E-state index contributed by atoms with van der Waals surface area (Å²) < 4.78 is 20.5. The van der Waals surface area contributed by atoms with E-state index in [1.54, 1.807) is 12.1 Å². The first-order valence-electron chi connectivity index (χ1n) is 7.17.